The Balaban J connectivity index is 2.68. The van der Waals surface area contributed by atoms with Gasteiger partial charge in [-0.25, -0.2) is 19.6 Å². The molecule has 0 spiro atoms. The van der Waals surface area contributed by atoms with Crippen LogP contribution in [0.1, 0.15) is 33.5 Å². The van der Waals surface area contributed by atoms with Crippen LogP contribution in [0.3, 0.4) is 0 Å². The molecule has 7 heteroatoms. The lowest BCUT2D eigenvalue weighted by atomic mass is 10.2. The second kappa shape index (κ2) is 7.37. The van der Waals surface area contributed by atoms with Gasteiger partial charge < -0.3 is 9.47 Å². The molecule has 1 N–H and O–H groups in total. The Morgan fingerprint density at radius 3 is 2.71 bits per heavy atom. The van der Waals surface area contributed by atoms with Crippen molar-refractivity contribution in [2.45, 2.75) is 33.3 Å². The van der Waals surface area contributed by atoms with Crippen LogP contribution >= 0.6 is 0 Å². The van der Waals surface area contributed by atoms with Crippen LogP contribution in [0.15, 0.2) is 18.3 Å². The minimum atomic E-state index is -0.610. The van der Waals surface area contributed by atoms with E-state index in [-0.39, 0.29) is 11.6 Å². The first-order valence-electron chi connectivity index (χ1n) is 6.48. The van der Waals surface area contributed by atoms with Crippen molar-refractivity contribution in [1.82, 2.24) is 9.97 Å². The highest BCUT2D eigenvalue weighted by Gasteiger charge is 2.16. The van der Waals surface area contributed by atoms with E-state index in [9.17, 15) is 9.59 Å². The van der Waals surface area contributed by atoms with Gasteiger partial charge in [0.15, 0.2) is 5.82 Å². The van der Waals surface area contributed by atoms with E-state index in [1.165, 1.54) is 24.4 Å². The van der Waals surface area contributed by atoms with E-state index >= 15 is 0 Å². The van der Waals surface area contributed by atoms with Gasteiger partial charge in [-0.3, -0.25) is 5.32 Å². The van der Waals surface area contributed by atoms with Crippen LogP contribution in [0, 0.1) is 0 Å². The molecule has 1 amide bonds. The number of nitrogens with one attached hydrogen (secondary N) is 1. The van der Waals surface area contributed by atoms with Crippen LogP contribution in [0.4, 0.5) is 10.6 Å². The van der Waals surface area contributed by atoms with Crippen LogP contribution in [-0.4, -0.2) is 34.2 Å². The van der Waals surface area contributed by atoms with Crippen molar-refractivity contribution >= 4 is 24.0 Å². The van der Waals surface area contributed by atoms with E-state index in [0.29, 0.717) is 6.61 Å². The monoisotopic (exact) mass is 293 g/mol. The molecule has 0 saturated heterocycles. The first-order valence-corrected chi connectivity index (χ1v) is 6.48. The SMILES string of the molecule is CCOC(=O)C=Cc1nccc(NC(=O)OC(C)(C)C)n1. The number of amides is 1. The van der Waals surface area contributed by atoms with Crippen LogP contribution in [0.5, 0.6) is 0 Å². The van der Waals surface area contributed by atoms with Crippen molar-refractivity contribution < 1.29 is 19.1 Å². The Labute approximate surface area is 123 Å². The highest BCUT2D eigenvalue weighted by atomic mass is 16.6. The van der Waals surface area contributed by atoms with Crippen molar-refractivity contribution in [3.05, 3.63) is 24.2 Å². The zero-order chi connectivity index (χ0) is 15.9. The maximum atomic E-state index is 11.6. The number of ether oxygens (including phenoxy) is 2. The van der Waals surface area contributed by atoms with E-state index in [1.54, 1.807) is 27.7 Å². The van der Waals surface area contributed by atoms with Crippen molar-refractivity contribution in [2.24, 2.45) is 0 Å². The third kappa shape index (κ3) is 7.05. The molecular formula is C14H19N3O4. The van der Waals surface area contributed by atoms with Crippen LogP contribution in [0.2, 0.25) is 0 Å². The van der Waals surface area contributed by atoms with Crippen molar-refractivity contribution in [3.63, 3.8) is 0 Å². The summed E-state index contributed by atoms with van der Waals surface area (Å²) in [7, 11) is 0. The topological polar surface area (TPSA) is 90.4 Å². The molecule has 0 aliphatic rings. The Morgan fingerprint density at radius 1 is 1.38 bits per heavy atom. The second-order valence-corrected chi connectivity index (χ2v) is 5.01. The predicted octanol–water partition coefficient (Wildman–Crippen LogP) is 2.40. The molecule has 0 radical (unpaired) electrons. The largest absolute Gasteiger partial charge is 0.463 e. The average Bonchev–Trinajstić information content (AvgIpc) is 2.35. The molecule has 1 aromatic heterocycles. The molecule has 7 nitrogen and oxygen atoms in total. The van der Waals surface area contributed by atoms with Gasteiger partial charge in [0, 0.05) is 12.3 Å². The van der Waals surface area contributed by atoms with E-state index in [2.05, 4.69) is 15.3 Å². The first kappa shape index (κ1) is 16.6. The summed E-state index contributed by atoms with van der Waals surface area (Å²) in [5.41, 5.74) is -0.593. The molecule has 1 heterocycles. The van der Waals surface area contributed by atoms with Gasteiger partial charge >= 0.3 is 12.1 Å². The van der Waals surface area contributed by atoms with Crippen molar-refractivity contribution in [3.8, 4) is 0 Å². The molecular weight excluding hydrogens is 274 g/mol. The standard InChI is InChI=1S/C14H19N3O4/c1-5-20-12(18)7-6-10-15-9-8-11(16-10)17-13(19)21-14(2,3)4/h6-9H,5H2,1-4H3,(H,15,16,17,19). The van der Waals surface area contributed by atoms with Crippen LogP contribution in [0.25, 0.3) is 6.08 Å². The summed E-state index contributed by atoms with van der Waals surface area (Å²) in [6.45, 7) is 7.30. The second-order valence-electron chi connectivity index (χ2n) is 5.01. The summed E-state index contributed by atoms with van der Waals surface area (Å²) in [4.78, 5) is 30.8. The smallest absolute Gasteiger partial charge is 0.413 e. The summed E-state index contributed by atoms with van der Waals surface area (Å²) in [6, 6.07) is 1.52. The average molecular weight is 293 g/mol. The van der Waals surface area contributed by atoms with Gasteiger partial charge in [-0.15, -0.1) is 0 Å². The third-order valence-corrected chi connectivity index (χ3v) is 1.96. The number of hydrogen-bond acceptors (Lipinski definition) is 6. The summed E-state index contributed by atoms with van der Waals surface area (Å²) in [6.07, 6.45) is 3.47. The highest BCUT2D eigenvalue weighted by molar-refractivity contribution is 5.86. The number of carbonyl (C=O) groups is 2. The number of aromatic nitrogens is 2. The fourth-order valence-electron chi connectivity index (χ4n) is 1.26. The Morgan fingerprint density at radius 2 is 2.10 bits per heavy atom. The maximum Gasteiger partial charge on any atom is 0.413 e. The van der Waals surface area contributed by atoms with Gasteiger partial charge in [-0.2, -0.15) is 0 Å². The van der Waals surface area contributed by atoms with Gasteiger partial charge in [-0.1, -0.05) is 0 Å². The number of esters is 1. The molecule has 0 aromatic carbocycles. The highest BCUT2D eigenvalue weighted by Crippen LogP contribution is 2.10. The van der Waals surface area contributed by atoms with Crippen LogP contribution < -0.4 is 5.32 Å². The van der Waals surface area contributed by atoms with Crippen LogP contribution in [-0.2, 0) is 14.3 Å². The molecule has 1 aromatic rings. The van der Waals surface area contributed by atoms with Crippen molar-refractivity contribution in [1.29, 1.82) is 0 Å². The number of nitrogens with zero attached hydrogens (tertiary/aromatic N) is 2. The minimum Gasteiger partial charge on any atom is -0.463 e. The third-order valence-electron chi connectivity index (χ3n) is 1.96. The zero-order valence-corrected chi connectivity index (χ0v) is 12.5. The lowest BCUT2D eigenvalue weighted by Gasteiger charge is -2.19. The number of carbonyl (C=O) groups excluding carboxylic acids is 2. The molecule has 0 fully saturated rings. The zero-order valence-electron chi connectivity index (χ0n) is 12.5. The van der Waals surface area contributed by atoms with E-state index < -0.39 is 17.7 Å². The maximum absolute atomic E-state index is 11.6. The van der Waals surface area contributed by atoms with Gasteiger partial charge in [0.25, 0.3) is 0 Å². The summed E-state index contributed by atoms with van der Waals surface area (Å²) >= 11 is 0. The number of anilines is 1. The Kier molecular flexibility index (Phi) is 5.83. The predicted molar refractivity (Wildman–Crippen MR) is 77.6 cm³/mol. The lowest BCUT2D eigenvalue weighted by molar-refractivity contribution is -0.137. The molecule has 0 atom stereocenters. The normalized spacial score (nSPS) is 11.2. The molecule has 1 rings (SSSR count). The molecule has 114 valence electrons. The van der Waals surface area contributed by atoms with E-state index in [1.807, 2.05) is 0 Å². The van der Waals surface area contributed by atoms with Gasteiger partial charge in [0.05, 0.1) is 6.61 Å². The fraction of sp³-hybridized carbons (Fsp3) is 0.429. The number of rotatable bonds is 4. The molecule has 0 saturated carbocycles. The first-order chi connectivity index (χ1) is 9.80. The van der Waals surface area contributed by atoms with Crippen molar-refractivity contribution in [2.75, 3.05) is 11.9 Å². The Bertz CT molecular complexity index is 535. The summed E-state index contributed by atoms with van der Waals surface area (Å²) in [5, 5.41) is 2.49. The van der Waals surface area contributed by atoms with Gasteiger partial charge in [0.1, 0.15) is 11.4 Å². The fourth-order valence-corrected chi connectivity index (χ4v) is 1.26. The number of hydrogen-bond donors (Lipinski definition) is 1. The molecule has 0 unspecified atom stereocenters. The Hall–Kier alpha value is -2.44. The van der Waals surface area contributed by atoms with Gasteiger partial charge in [0.2, 0.25) is 0 Å². The summed E-state index contributed by atoms with van der Waals surface area (Å²) < 4.78 is 9.85. The van der Waals surface area contributed by atoms with E-state index in [0.717, 1.165) is 0 Å². The quantitative estimate of drug-likeness (QED) is 0.677. The molecule has 0 bridgehead atoms. The molecule has 0 aliphatic heterocycles. The van der Waals surface area contributed by atoms with E-state index in [4.69, 9.17) is 9.47 Å². The summed E-state index contributed by atoms with van der Waals surface area (Å²) in [5.74, 6) is 0.0750. The minimum absolute atomic E-state index is 0.275. The molecule has 0 aliphatic carbocycles. The van der Waals surface area contributed by atoms with Gasteiger partial charge in [-0.05, 0) is 39.8 Å². The lowest BCUT2D eigenvalue weighted by Crippen LogP contribution is -2.27. The molecule has 21 heavy (non-hydrogen) atoms.